The van der Waals surface area contributed by atoms with Crippen molar-refractivity contribution in [2.75, 3.05) is 26.2 Å². The van der Waals surface area contributed by atoms with Crippen molar-refractivity contribution >= 4 is 5.91 Å². The van der Waals surface area contributed by atoms with Crippen LogP contribution in [0.25, 0.3) is 0 Å². The van der Waals surface area contributed by atoms with Crippen LogP contribution < -0.4 is 4.74 Å². The van der Waals surface area contributed by atoms with Crippen LogP contribution >= 0.6 is 0 Å². The average Bonchev–Trinajstić information content (AvgIpc) is 3.33. The summed E-state index contributed by atoms with van der Waals surface area (Å²) in [5, 5.41) is 0. The van der Waals surface area contributed by atoms with Crippen LogP contribution in [-0.2, 0) is 6.54 Å². The molecule has 5 heteroatoms. The predicted molar refractivity (Wildman–Crippen MR) is 115 cm³/mol. The summed E-state index contributed by atoms with van der Waals surface area (Å²) in [5.74, 6) is 2.34. The zero-order chi connectivity index (χ0) is 20.3. The minimum atomic E-state index is 0.0688. The van der Waals surface area contributed by atoms with Crippen molar-refractivity contribution in [2.24, 2.45) is 11.8 Å². The van der Waals surface area contributed by atoms with Crippen molar-refractivity contribution in [3.05, 3.63) is 90.1 Å². The molecule has 2 saturated heterocycles. The second-order valence-electron chi connectivity index (χ2n) is 8.21. The first kappa shape index (κ1) is 18.8. The number of nitrogens with zero attached hydrogens (tertiary/aromatic N) is 3. The zero-order valence-electron chi connectivity index (χ0n) is 16.9. The molecule has 30 heavy (non-hydrogen) atoms. The molecule has 2 aliphatic rings. The molecule has 0 aliphatic carbocycles. The Balaban J connectivity index is 1.20. The summed E-state index contributed by atoms with van der Waals surface area (Å²) in [6.45, 7) is 4.76. The third-order valence-electron chi connectivity index (χ3n) is 6.05. The molecule has 2 aliphatic heterocycles. The van der Waals surface area contributed by atoms with Gasteiger partial charge in [-0.15, -0.1) is 0 Å². The number of pyridine rings is 1. The van der Waals surface area contributed by atoms with Gasteiger partial charge in [0.1, 0.15) is 5.75 Å². The number of likely N-dealkylation sites (tertiary alicyclic amines) is 2. The number of hydrogen-bond donors (Lipinski definition) is 0. The molecule has 2 aromatic carbocycles. The fourth-order valence-corrected chi connectivity index (χ4v) is 4.62. The molecule has 0 N–H and O–H groups in total. The van der Waals surface area contributed by atoms with Crippen LogP contribution in [0, 0.1) is 11.8 Å². The largest absolute Gasteiger partial charge is 0.439 e. The van der Waals surface area contributed by atoms with Gasteiger partial charge in [0.2, 0.25) is 5.88 Å². The highest BCUT2D eigenvalue weighted by atomic mass is 16.5. The molecule has 2 atom stereocenters. The number of benzene rings is 2. The van der Waals surface area contributed by atoms with Crippen molar-refractivity contribution in [1.82, 2.24) is 14.8 Å². The summed E-state index contributed by atoms with van der Waals surface area (Å²) in [4.78, 5) is 21.9. The van der Waals surface area contributed by atoms with Gasteiger partial charge in [-0.3, -0.25) is 9.69 Å². The SMILES string of the molecule is O=C(c1ccnc(Oc2ccccc2)c1)N1C[C@@H]2CN(Cc3ccccc3)C[C@H]2C1. The number of carbonyl (C=O) groups excluding carboxylic acids is 1. The molecule has 152 valence electrons. The molecular weight excluding hydrogens is 374 g/mol. The Hall–Kier alpha value is -3.18. The molecule has 2 fully saturated rings. The van der Waals surface area contributed by atoms with Crippen LogP contribution in [0.3, 0.4) is 0 Å². The second-order valence-corrected chi connectivity index (χ2v) is 8.21. The molecule has 3 aromatic rings. The number of carbonyl (C=O) groups is 1. The van der Waals surface area contributed by atoms with E-state index in [1.165, 1.54) is 5.56 Å². The molecule has 0 radical (unpaired) electrons. The lowest BCUT2D eigenvalue weighted by atomic mass is 10.0. The Labute approximate surface area is 176 Å². The van der Waals surface area contributed by atoms with E-state index in [9.17, 15) is 4.79 Å². The number of hydrogen-bond acceptors (Lipinski definition) is 4. The van der Waals surface area contributed by atoms with Gasteiger partial charge in [0, 0.05) is 50.6 Å². The van der Waals surface area contributed by atoms with Crippen molar-refractivity contribution in [3.8, 4) is 11.6 Å². The van der Waals surface area contributed by atoms with Crippen LogP contribution in [0.15, 0.2) is 79.0 Å². The predicted octanol–water partition coefficient (Wildman–Crippen LogP) is 4.08. The van der Waals surface area contributed by atoms with Gasteiger partial charge >= 0.3 is 0 Å². The Morgan fingerprint density at radius 1 is 0.900 bits per heavy atom. The summed E-state index contributed by atoms with van der Waals surface area (Å²) < 4.78 is 5.79. The highest BCUT2D eigenvalue weighted by Crippen LogP contribution is 2.33. The number of ether oxygens (including phenoxy) is 1. The van der Waals surface area contributed by atoms with E-state index in [1.807, 2.05) is 35.2 Å². The van der Waals surface area contributed by atoms with Crippen molar-refractivity contribution in [3.63, 3.8) is 0 Å². The summed E-state index contributed by atoms with van der Waals surface area (Å²) in [7, 11) is 0. The average molecular weight is 399 g/mol. The van der Waals surface area contributed by atoms with Crippen molar-refractivity contribution in [1.29, 1.82) is 0 Å². The summed E-state index contributed by atoms with van der Waals surface area (Å²) in [6.07, 6.45) is 1.64. The van der Waals surface area contributed by atoms with Crippen molar-refractivity contribution < 1.29 is 9.53 Å². The van der Waals surface area contributed by atoms with Crippen molar-refractivity contribution in [2.45, 2.75) is 6.54 Å². The van der Waals surface area contributed by atoms with E-state index < -0.39 is 0 Å². The van der Waals surface area contributed by atoms with Gasteiger partial charge in [-0.25, -0.2) is 4.98 Å². The van der Waals surface area contributed by atoms with Gasteiger partial charge in [-0.05, 0) is 35.6 Å². The fourth-order valence-electron chi connectivity index (χ4n) is 4.62. The van der Waals surface area contributed by atoms with Gasteiger partial charge in [0.05, 0.1) is 0 Å². The van der Waals surface area contributed by atoms with Gasteiger partial charge in [0.15, 0.2) is 0 Å². The van der Waals surface area contributed by atoms with E-state index in [2.05, 4.69) is 40.2 Å². The molecule has 0 bridgehead atoms. The lowest BCUT2D eigenvalue weighted by molar-refractivity contribution is 0.0773. The Kier molecular flexibility index (Phi) is 5.20. The van der Waals surface area contributed by atoms with E-state index in [1.54, 1.807) is 18.3 Å². The highest BCUT2D eigenvalue weighted by Gasteiger charge is 2.41. The molecule has 5 nitrogen and oxygen atoms in total. The lowest BCUT2D eigenvalue weighted by Gasteiger charge is -2.22. The molecule has 5 rings (SSSR count). The fraction of sp³-hybridized carbons (Fsp3) is 0.280. The molecule has 1 amide bonds. The molecule has 0 unspecified atom stereocenters. The Bertz CT molecular complexity index is 995. The second kappa shape index (κ2) is 8.28. The first-order valence-electron chi connectivity index (χ1n) is 10.5. The summed E-state index contributed by atoms with van der Waals surface area (Å²) >= 11 is 0. The van der Waals surface area contributed by atoms with E-state index in [0.717, 1.165) is 32.7 Å². The van der Waals surface area contributed by atoms with E-state index >= 15 is 0 Å². The number of rotatable bonds is 5. The minimum Gasteiger partial charge on any atom is -0.439 e. The summed E-state index contributed by atoms with van der Waals surface area (Å²) in [5.41, 5.74) is 1.99. The maximum Gasteiger partial charge on any atom is 0.254 e. The third-order valence-corrected chi connectivity index (χ3v) is 6.05. The summed E-state index contributed by atoms with van der Waals surface area (Å²) in [6, 6.07) is 23.6. The highest BCUT2D eigenvalue weighted by molar-refractivity contribution is 5.94. The molecule has 0 saturated carbocycles. The smallest absolute Gasteiger partial charge is 0.254 e. The van der Waals surface area contributed by atoms with E-state index in [0.29, 0.717) is 29.0 Å². The third kappa shape index (κ3) is 4.07. The maximum absolute atomic E-state index is 13.1. The zero-order valence-corrected chi connectivity index (χ0v) is 16.9. The maximum atomic E-state index is 13.1. The standard InChI is InChI=1S/C25H25N3O2/c29-25(20-11-12-26-24(13-20)30-23-9-5-2-6-10-23)28-17-21-15-27(16-22(21)18-28)14-19-7-3-1-4-8-19/h1-13,21-22H,14-18H2/t21-,22-/m0/s1. The number of amides is 1. The first-order chi connectivity index (χ1) is 14.7. The van der Waals surface area contributed by atoms with Crippen LogP contribution in [0.4, 0.5) is 0 Å². The Morgan fingerprint density at radius 2 is 1.57 bits per heavy atom. The molecular formula is C25H25N3O2. The number of aromatic nitrogens is 1. The Morgan fingerprint density at radius 3 is 2.27 bits per heavy atom. The van der Waals surface area contributed by atoms with E-state index in [-0.39, 0.29) is 5.91 Å². The topological polar surface area (TPSA) is 45.7 Å². The number of fused-ring (bicyclic) bond motifs is 1. The lowest BCUT2D eigenvalue weighted by Crippen LogP contribution is -2.33. The van der Waals surface area contributed by atoms with Crippen LogP contribution in [0.2, 0.25) is 0 Å². The quantitative estimate of drug-likeness (QED) is 0.649. The van der Waals surface area contributed by atoms with Gasteiger partial charge in [-0.2, -0.15) is 0 Å². The number of para-hydroxylation sites is 1. The van der Waals surface area contributed by atoms with Crippen LogP contribution in [0.1, 0.15) is 15.9 Å². The van der Waals surface area contributed by atoms with Gasteiger partial charge in [0.25, 0.3) is 5.91 Å². The first-order valence-corrected chi connectivity index (χ1v) is 10.5. The van der Waals surface area contributed by atoms with E-state index in [4.69, 9.17) is 4.74 Å². The minimum absolute atomic E-state index is 0.0688. The molecule has 1 aromatic heterocycles. The van der Waals surface area contributed by atoms with Crippen LogP contribution in [0.5, 0.6) is 11.6 Å². The van der Waals surface area contributed by atoms with Crippen LogP contribution in [-0.4, -0.2) is 46.9 Å². The normalized spacial score (nSPS) is 20.9. The van der Waals surface area contributed by atoms with Gasteiger partial charge in [-0.1, -0.05) is 48.5 Å². The monoisotopic (exact) mass is 399 g/mol. The molecule has 3 heterocycles. The molecule has 0 spiro atoms. The van der Waals surface area contributed by atoms with Gasteiger partial charge < -0.3 is 9.64 Å².